The van der Waals surface area contributed by atoms with Crippen LogP contribution in [0.4, 0.5) is 0 Å². The predicted molar refractivity (Wildman–Crippen MR) is 128 cm³/mol. The van der Waals surface area contributed by atoms with Crippen molar-refractivity contribution >= 4 is 17.1 Å². The Morgan fingerprint density at radius 2 is 0.679 bits per heavy atom. The lowest BCUT2D eigenvalue weighted by Gasteiger charge is -2.30. The van der Waals surface area contributed by atoms with Crippen LogP contribution in [-0.2, 0) is 17.7 Å². The van der Waals surface area contributed by atoms with Crippen molar-refractivity contribution in [2.24, 2.45) is 0 Å². The Bertz CT molecular complexity index is 271. The van der Waals surface area contributed by atoms with Crippen molar-refractivity contribution in [1.29, 1.82) is 0 Å². The molecule has 0 saturated heterocycles. The minimum atomic E-state index is -1.84. The second-order valence-electron chi connectivity index (χ2n) is 7.38. The molecule has 0 unspecified atom stereocenters. The first kappa shape index (κ1) is 30.5. The van der Waals surface area contributed by atoms with Crippen LogP contribution in [0.15, 0.2) is 0 Å². The van der Waals surface area contributed by atoms with Gasteiger partial charge in [0.15, 0.2) is 0 Å². The molecule has 6 heteroatoms. The van der Waals surface area contributed by atoms with E-state index in [0.717, 1.165) is 63.4 Å². The average molecular weight is 437 g/mol. The molecular formula is C22H52O4Si2. The molecule has 172 valence electrons. The van der Waals surface area contributed by atoms with Gasteiger partial charge in [0, 0.05) is 26.4 Å². The SMILES string of the molecule is CCCO[Si](CCC)(CCC)OCCC.CCC[Si](CCC)(OCC)OCC. The normalized spacial score (nSPS) is 12.0. The van der Waals surface area contributed by atoms with Crippen molar-refractivity contribution in [2.75, 3.05) is 26.4 Å². The van der Waals surface area contributed by atoms with Crippen LogP contribution in [0, 0.1) is 0 Å². The van der Waals surface area contributed by atoms with Crippen molar-refractivity contribution < 1.29 is 17.7 Å². The van der Waals surface area contributed by atoms with Crippen LogP contribution in [0.2, 0.25) is 24.2 Å². The van der Waals surface area contributed by atoms with E-state index in [2.05, 4.69) is 55.4 Å². The minimum absolute atomic E-state index is 0.798. The monoisotopic (exact) mass is 436 g/mol. The summed E-state index contributed by atoms with van der Waals surface area (Å²) in [6, 6.07) is 4.59. The highest BCUT2D eigenvalue weighted by molar-refractivity contribution is 6.67. The summed E-state index contributed by atoms with van der Waals surface area (Å²) in [6.07, 6.45) is 6.90. The van der Waals surface area contributed by atoms with E-state index in [1.165, 1.54) is 25.7 Å². The molecule has 0 radical (unpaired) electrons. The van der Waals surface area contributed by atoms with Gasteiger partial charge in [-0.3, -0.25) is 0 Å². The number of rotatable bonds is 18. The summed E-state index contributed by atoms with van der Waals surface area (Å²) in [6.45, 7) is 20.6. The third kappa shape index (κ3) is 14.3. The molecule has 0 saturated carbocycles. The van der Waals surface area contributed by atoms with E-state index in [4.69, 9.17) is 17.7 Å². The molecule has 0 aliphatic carbocycles. The molecular weight excluding hydrogens is 384 g/mol. The van der Waals surface area contributed by atoms with Gasteiger partial charge in [-0.25, -0.2) is 0 Å². The summed E-state index contributed by atoms with van der Waals surface area (Å²) in [7, 11) is -3.63. The van der Waals surface area contributed by atoms with Crippen molar-refractivity contribution in [3.05, 3.63) is 0 Å². The van der Waals surface area contributed by atoms with Crippen LogP contribution in [0.25, 0.3) is 0 Å². The summed E-state index contributed by atoms with van der Waals surface area (Å²) in [5.74, 6) is 0. The number of hydrogen-bond acceptors (Lipinski definition) is 4. The Morgan fingerprint density at radius 1 is 0.393 bits per heavy atom. The Labute approximate surface area is 179 Å². The third-order valence-corrected chi connectivity index (χ3v) is 12.6. The zero-order chi connectivity index (χ0) is 21.7. The van der Waals surface area contributed by atoms with Gasteiger partial charge in [-0.2, -0.15) is 0 Å². The second kappa shape index (κ2) is 20.5. The van der Waals surface area contributed by atoms with Gasteiger partial charge in [-0.05, 0) is 50.9 Å². The molecule has 0 aliphatic heterocycles. The molecule has 0 heterocycles. The van der Waals surface area contributed by atoms with Gasteiger partial charge in [0.1, 0.15) is 0 Å². The predicted octanol–water partition coefficient (Wildman–Crippen LogP) is 7.42. The fourth-order valence-corrected chi connectivity index (χ4v) is 10.6. The lowest BCUT2D eigenvalue weighted by atomic mass is 10.5. The first-order valence-electron chi connectivity index (χ1n) is 12.0. The highest BCUT2D eigenvalue weighted by Gasteiger charge is 2.35. The largest absolute Gasteiger partial charge is 0.394 e. The topological polar surface area (TPSA) is 36.9 Å². The quantitative estimate of drug-likeness (QED) is 0.209. The molecule has 0 aromatic heterocycles. The smallest absolute Gasteiger partial charge is 0.338 e. The lowest BCUT2D eigenvalue weighted by Crippen LogP contribution is -2.42. The summed E-state index contributed by atoms with van der Waals surface area (Å²) < 4.78 is 23.9. The molecule has 0 aromatic carbocycles. The van der Waals surface area contributed by atoms with Crippen molar-refractivity contribution in [3.8, 4) is 0 Å². The Hall–Kier alpha value is 0.274. The Kier molecular flexibility index (Phi) is 22.4. The van der Waals surface area contributed by atoms with E-state index in [9.17, 15) is 0 Å². The molecule has 0 bridgehead atoms. The molecule has 4 nitrogen and oxygen atoms in total. The molecule has 0 aliphatic rings. The van der Waals surface area contributed by atoms with Crippen molar-refractivity contribution in [3.63, 3.8) is 0 Å². The van der Waals surface area contributed by atoms with Gasteiger partial charge in [-0.1, -0.05) is 67.2 Å². The zero-order valence-electron chi connectivity index (χ0n) is 20.5. The van der Waals surface area contributed by atoms with E-state index >= 15 is 0 Å². The summed E-state index contributed by atoms with van der Waals surface area (Å²) in [5.41, 5.74) is 0. The molecule has 0 aromatic rings. The third-order valence-electron chi connectivity index (χ3n) is 4.48. The maximum atomic E-state index is 6.08. The Balaban J connectivity index is 0. The van der Waals surface area contributed by atoms with Crippen molar-refractivity contribution in [1.82, 2.24) is 0 Å². The van der Waals surface area contributed by atoms with Gasteiger partial charge < -0.3 is 17.7 Å². The highest BCUT2D eigenvalue weighted by atomic mass is 28.4. The molecule has 0 rings (SSSR count). The highest BCUT2D eigenvalue weighted by Crippen LogP contribution is 2.24. The van der Waals surface area contributed by atoms with Crippen LogP contribution in [-0.4, -0.2) is 43.5 Å². The molecule has 0 atom stereocenters. The van der Waals surface area contributed by atoms with Crippen LogP contribution in [0.3, 0.4) is 0 Å². The van der Waals surface area contributed by atoms with Gasteiger partial charge >= 0.3 is 17.1 Å². The van der Waals surface area contributed by atoms with Gasteiger partial charge in [0.25, 0.3) is 0 Å². The van der Waals surface area contributed by atoms with E-state index in [1.807, 2.05) is 0 Å². The minimum Gasteiger partial charge on any atom is -0.394 e. The first-order chi connectivity index (χ1) is 13.5. The summed E-state index contributed by atoms with van der Waals surface area (Å²) in [5, 5.41) is 0. The zero-order valence-corrected chi connectivity index (χ0v) is 22.5. The summed E-state index contributed by atoms with van der Waals surface area (Å²) in [4.78, 5) is 0. The molecule has 0 spiro atoms. The van der Waals surface area contributed by atoms with E-state index in [-0.39, 0.29) is 0 Å². The fraction of sp³-hybridized carbons (Fsp3) is 1.00. The van der Waals surface area contributed by atoms with Gasteiger partial charge in [0.2, 0.25) is 0 Å². The fourth-order valence-electron chi connectivity index (χ4n) is 3.54. The summed E-state index contributed by atoms with van der Waals surface area (Å²) >= 11 is 0. The van der Waals surface area contributed by atoms with E-state index < -0.39 is 17.1 Å². The lowest BCUT2D eigenvalue weighted by molar-refractivity contribution is 0.166. The first-order valence-corrected chi connectivity index (χ1v) is 16.5. The van der Waals surface area contributed by atoms with Crippen LogP contribution >= 0.6 is 0 Å². The Morgan fingerprint density at radius 3 is 0.893 bits per heavy atom. The van der Waals surface area contributed by atoms with E-state index in [1.54, 1.807) is 0 Å². The molecule has 0 fully saturated rings. The maximum absolute atomic E-state index is 6.08. The van der Waals surface area contributed by atoms with Gasteiger partial charge in [-0.15, -0.1) is 0 Å². The second-order valence-corrected chi connectivity index (χ2v) is 14.2. The number of hydrogen-bond donors (Lipinski definition) is 0. The molecule has 0 amide bonds. The maximum Gasteiger partial charge on any atom is 0.338 e. The molecule has 28 heavy (non-hydrogen) atoms. The van der Waals surface area contributed by atoms with Crippen LogP contribution < -0.4 is 0 Å². The van der Waals surface area contributed by atoms with Gasteiger partial charge in [0.05, 0.1) is 0 Å². The van der Waals surface area contributed by atoms with E-state index in [0.29, 0.717) is 0 Å². The standard InChI is InChI=1S/C12H28O2Si.C10H24O2Si/c1-5-9-13-15(11-7-3,12-8-4)14-10-6-2;1-5-9-13(10-6-2,11-7-3)12-8-4/h5-12H2,1-4H3;5-10H2,1-4H3. The van der Waals surface area contributed by atoms with Crippen LogP contribution in [0.1, 0.15) is 93.9 Å². The van der Waals surface area contributed by atoms with Crippen LogP contribution in [0.5, 0.6) is 0 Å². The van der Waals surface area contributed by atoms with Crippen molar-refractivity contribution in [2.45, 2.75) is 118 Å². The average Bonchev–Trinajstić information content (AvgIpc) is 2.66. The molecule has 0 N–H and O–H groups in total.